The van der Waals surface area contributed by atoms with Gasteiger partial charge in [-0.3, -0.25) is 0 Å². The fourth-order valence-corrected chi connectivity index (χ4v) is 1.32. The molecular formula is C10H7N3O2. The van der Waals surface area contributed by atoms with Crippen LogP contribution >= 0.6 is 0 Å². The number of methoxy groups -OCH3 is 1. The molecule has 5 heteroatoms. The molecule has 0 radical (unpaired) electrons. The summed E-state index contributed by atoms with van der Waals surface area (Å²) in [5.41, 5.74) is 1.39. The van der Waals surface area contributed by atoms with E-state index in [0.29, 0.717) is 11.1 Å². The maximum Gasteiger partial charge on any atom is 0.358 e. The number of hydrogen-bond donors (Lipinski definition) is 0. The third-order valence-electron chi connectivity index (χ3n) is 2.04. The fraction of sp³-hybridized carbons (Fsp3) is 0.100. The first kappa shape index (κ1) is 9.21. The van der Waals surface area contributed by atoms with Gasteiger partial charge in [-0.05, 0) is 12.1 Å². The third-order valence-corrected chi connectivity index (χ3v) is 2.04. The van der Waals surface area contributed by atoms with Crippen molar-refractivity contribution in [3.63, 3.8) is 0 Å². The number of rotatable bonds is 1. The molecule has 2 aromatic heterocycles. The summed E-state index contributed by atoms with van der Waals surface area (Å²) in [7, 11) is 1.30. The number of fused-ring (bicyclic) bond motifs is 1. The summed E-state index contributed by atoms with van der Waals surface area (Å²) in [6.07, 6.45) is 3.08. The number of aromatic nitrogens is 2. The molecule has 0 atom stereocenters. The molecule has 0 aliphatic rings. The highest BCUT2D eigenvalue weighted by atomic mass is 16.5. The molecule has 2 heterocycles. The molecule has 0 N–H and O–H groups in total. The largest absolute Gasteiger partial charge is 0.464 e. The first-order valence-corrected chi connectivity index (χ1v) is 4.21. The van der Waals surface area contributed by atoms with Crippen molar-refractivity contribution in [1.82, 2.24) is 9.38 Å². The number of nitriles is 1. The second-order valence-electron chi connectivity index (χ2n) is 2.91. The summed E-state index contributed by atoms with van der Waals surface area (Å²) >= 11 is 0. The Labute approximate surface area is 85.5 Å². The Morgan fingerprint density at radius 3 is 3.07 bits per heavy atom. The SMILES string of the molecule is COC(=O)c1ncn2cc(C#N)ccc12. The Balaban J connectivity index is 2.63. The predicted octanol–water partition coefficient (Wildman–Crippen LogP) is 0.993. The molecule has 0 unspecified atom stereocenters. The van der Waals surface area contributed by atoms with Gasteiger partial charge in [0.1, 0.15) is 12.4 Å². The van der Waals surface area contributed by atoms with Gasteiger partial charge in [-0.15, -0.1) is 0 Å². The minimum Gasteiger partial charge on any atom is -0.464 e. The lowest BCUT2D eigenvalue weighted by Gasteiger charge is -1.96. The van der Waals surface area contributed by atoms with Gasteiger partial charge in [0.2, 0.25) is 0 Å². The van der Waals surface area contributed by atoms with E-state index in [4.69, 9.17) is 5.26 Å². The van der Waals surface area contributed by atoms with Crippen LogP contribution in [0.1, 0.15) is 16.1 Å². The van der Waals surface area contributed by atoms with E-state index >= 15 is 0 Å². The average molecular weight is 201 g/mol. The highest BCUT2D eigenvalue weighted by Crippen LogP contribution is 2.11. The van der Waals surface area contributed by atoms with Crippen LogP contribution in [-0.2, 0) is 4.74 Å². The quantitative estimate of drug-likeness (QED) is 0.645. The van der Waals surface area contributed by atoms with Crippen LogP contribution in [-0.4, -0.2) is 22.5 Å². The molecule has 2 rings (SSSR count). The molecule has 0 bridgehead atoms. The van der Waals surface area contributed by atoms with Crippen molar-refractivity contribution in [2.24, 2.45) is 0 Å². The third kappa shape index (κ3) is 1.42. The molecule has 2 aromatic rings. The molecule has 5 nitrogen and oxygen atoms in total. The second kappa shape index (κ2) is 3.42. The molecule has 0 saturated carbocycles. The topological polar surface area (TPSA) is 67.4 Å². The number of carbonyl (C=O) groups is 1. The van der Waals surface area contributed by atoms with Crippen molar-refractivity contribution in [3.05, 3.63) is 35.9 Å². The second-order valence-corrected chi connectivity index (χ2v) is 2.91. The van der Waals surface area contributed by atoms with E-state index < -0.39 is 5.97 Å². The van der Waals surface area contributed by atoms with Crippen LogP contribution in [0.3, 0.4) is 0 Å². The van der Waals surface area contributed by atoms with Crippen LogP contribution in [0, 0.1) is 11.3 Å². The smallest absolute Gasteiger partial charge is 0.358 e. The van der Waals surface area contributed by atoms with Crippen LogP contribution in [0.15, 0.2) is 24.7 Å². The van der Waals surface area contributed by atoms with Crippen LogP contribution in [0.5, 0.6) is 0 Å². The summed E-state index contributed by atoms with van der Waals surface area (Å²) < 4.78 is 6.20. The molecule has 0 aliphatic carbocycles. The van der Waals surface area contributed by atoms with Gasteiger partial charge in [-0.25, -0.2) is 9.78 Å². The Morgan fingerprint density at radius 1 is 1.60 bits per heavy atom. The lowest BCUT2D eigenvalue weighted by Crippen LogP contribution is -2.02. The first-order chi connectivity index (χ1) is 7.26. The van der Waals surface area contributed by atoms with Gasteiger partial charge in [0, 0.05) is 6.20 Å². The molecule has 0 aromatic carbocycles. The molecule has 0 spiro atoms. The number of pyridine rings is 1. The van der Waals surface area contributed by atoms with Gasteiger partial charge >= 0.3 is 5.97 Å². The van der Waals surface area contributed by atoms with E-state index in [0.717, 1.165) is 0 Å². The van der Waals surface area contributed by atoms with E-state index in [1.807, 2.05) is 6.07 Å². The minimum absolute atomic E-state index is 0.252. The molecule has 0 saturated heterocycles. The number of nitrogens with zero attached hydrogens (tertiary/aromatic N) is 3. The summed E-state index contributed by atoms with van der Waals surface area (Å²) in [5, 5.41) is 8.68. The van der Waals surface area contributed by atoms with Crippen molar-refractivity contribution in [3.8, 4) is 6.07 Å². The van der Waals surface area contributed by atoms with Crippen molar-refractivity contribution >= 4 is 11.5 Å². The van der Waals surface area contributed by atoms with Gasteiger partial charge in [0.05, 0.1) is 18.2 Å². The van der Waals surface area contributed by atoms with Gasteiger partial charge in [-0.1, -0.05) is 0 Å². The van der Waals surface area contributed by atoms with Crippen molar-refractivity contribution in [2.45, 2.75) is 0 Å². The number of carbonyl (C=O) groups excluding carboxylic acids is 1. The van der Waals surface area contributed by atoms with Crippen LogP contribution < -0.4 is 0 Å². The van der Waals surface area contributed by atoms with Crippen molar-refractivity contribution < 1.29 is 9.53 Å². The lowest BCUT2D eigenvalue weighted by molar-refractivity contribution is 0.0597. The lowest BCUT2D eigenvalue weighted by atomic mass is 10.2. The molecule has 74 valence electrons. The van der Waals surface area contributed by atoms with E-state index in [2.05, 4.69) is 9.72 Å². The maximum atomic E-state index is 11.3. The standard InChI is InChI=1S/C10H7N3O2/c1-15-10(14)9-8-3-2-7(4-11)5-13(8)6-12-9/h2-3,5-6H,1H3. The van der Waals surface area contributed by atoms with Crippen LogP contribution in [0.25, 0.3) is 5.52 Å². The van der Waals surface area contributed by atoms with Gasteiger partial charge < -0.3 is 9.14 Å². The van der Waals surface area contributed by atoms with Gasteiger partial charge in [0.25, 0.3) is 0 Å². The summed E-state index contributed by atoms with van der Waals surface area (Å²) in [6.45, 7) is 0. The number of esters is 1. The maximum absolute atomic E-state index is 11.3. The highest BCUT2D eigenvalue weighted by Gasteiger charge is 2.13. The average Bonchev–Trinajstić information content (AvgIpc) is 2.70. The number of hydrogen-bond acceptors (Lipinski definition) is 4. The zero-order valence-electron chi connectivity index (χ0n) is 7.97. The van der Waals surface area contributed by atoms with E-state index in [9.17, 15) is 4.79 Å². The minimum atomic E-state index is -0.484. The first-order valence-electron chi connectivity index (χ1n) is 4.21. The molecule has 15 heavy (non-hydrogen) atoms. The number of ether oxygens (including phenoxy) is 1. The Morgan fingerprint density at radius 2 is 2.40 bits per heavy atom. The van der Waals surface area contributed by atoms with E-state index in [1.54, 1.807) is 22.7 Å². The molecular weight excluding hydrogens is 194 g/mol. The zero-order chi connectivity index (χ0) is 10.8. The molecule has 0 amide bonds. The van der Waals surface area contributed by atoms with Crippen molar-refractivity contribution in [1.29, 1.82) is 5.26 Å². The summed E-state index contributed by atoms with van der Waals surface area (Å²) in [6, 6.07) is 5.30. The number of imidazole rings is 1. The Hall–Kier alpha value is -2.35. The molecule has 0 aliphatic heterocycles. The van der Waals surface area contributed by atoms with Crippen LogP contribution in [0.4, 0.5) is 0 Å². The monoisotopic (exact) mass is 201 g/mol. The normalized spacial score (nSPS) is 9.87. The van der Waals surface area contributed by atoms with Gasteiger partial charge in [-0.2, -0.15) is 5.26 Å². The summed E-state index contributed by atoms with van der Waals surface area (Å²) in [5.74, 6) is -0.484. The fourth-order valence-electron chi connectivity index (χ4n) is 1.32. The van der Waals surface area contributed by atoms with Crippen LogP contribution in [0.2, 0.25) is 0 Å². The molecule has 0 fully saturated rings. The predicted molar refractivity (Wildman–Crippen MR) is 51.2 cm³/mol. The highest BCUT2D eigenvalue weighted by molar-refractivity contribution is 5.94. The van der Waals surface area contributed by atoms with Gasteiger partial charge in [0.15, 0.2) is 5.69 Å². The Bertz CT molecular complexity index is 566. The van der Waals surface area contributed by atoms with E-state index in [-0.39, 0.29) is 5.69 Å². The van der Waals surface area contributed by atoms with E-state index in [1.165, 1.54) is 13.4 Å². The summed E-state index contributed by atoms with van der Waals surface area (Å²) in [4.78, 5) is 15.2. The van der Waals surface area contributed by atoms with Crippen molar-refractivity contribution in [2.75, 3.05) is 7.11 Å². The zero-order valence-corrected chi connectivity index (χ0v) is 7.97. The Kier molecular flexibility index (Phi) is 2.10.